The molecule has 0 spiro atoms. The number of nitrogens with zero attached hydrogens (tertiary/aromatic N) is 4. The highest BCUT2D eigenvalue weighted by atomic mass is 32.2. The second-order valence-electron chi connectivity index (χ2n) is 7.71. The molecule has 4 aromatic rings. The lowest BCUT2D eigenvalue weighted by molar-refractivity contribution is -0.115. The fourth-order valence-electron chi connectivity index (χ4n) is 3.42. The molecule has 8 heteroatoms. The van der Waals surface area contributed by atoms with E-state index in [-0.39, 0.29) is 11.2 Å². The third-order valence-electron chi connectivity index (χ3n) is 5.19. The van der Waals surface area contributed by atoms with Gasteiger partial charge in [0, 0.05) is 30.6 Å². The molecule has 0 saturated heterocycles. The van der Waals surface area contributed by atoms with Crippen LogP contribution in [0.25, 0.3) is 0 Å². The summed E-state index contributed by atoms with van der Waals surface area (Å²) in [5.74, 6) is 1.63. The lowest BCUT2D eigenvalue weighted by atomic mass is 10.1. The van der Waals surface area contributed by atoms with E-state index in [4.69, 9.17) is 0 Å². The van der Waals surface area contributed by atoms with Crippen LogP contribution in [0.3, 0.4) is 0 Å². The molecule has 34 heavy (non-hydrogen) atoms. The molecule has 2 aromatic heterocycles. The van der Waals surface area contributed by atoms with Gasteiger partial charge in [-0.1, -0.05) is 60.3 Å². The monoisotopic (exact) mass is 489 g/mol. The van der Waals surface area contributed by atoms with Crippen LogP contribution in [-0.2, 0) is 23.5 Å². The summed E-state index contributed by atoms with van der Waals surface area (Å²) in [6.07, 6.45) is 2.51. The highest BCUT2D eigenvalue weighted by Crippen LogP contribution is 2.26. The molecule has 0 aliphatic heterocycles. The highest BCUT2D eigenvalue weighted by molar-refractivity contribution is 8.00. The Labute approximate surface area is 208 Å². The zero-order valence-electron chi connectivity index (χ0n) is 19.2. The smallest absolute Gasteiger partial charge is 0.237 e. The first-order chi connectivity index (χ1) is 16.6. The summed E-state index contributed by atoms with van der Waals surface area (Å²) < 4.78 is 2.08. The number of carbonyl (C=O) groups is 1. The van der Waals surface area contributed by atoms with E-state index in [0.29, 0.717) is 6.42 Å². The number of amides is 1. The summed E-state index contributed by atoms with van der Waals surface area (Å²) >= 11 is 3.10. The summed E-state index contributed by atoms with van der Waals surface area (Å²) in [5.41, 5.74) is 3.11. The van der Waals surface area contributed by atoms with Crippen molar-refractivity contribution in [2.45, 2.75) is 48.0 Å². The zero-order chi connectivity index (χ0) is 23.8. The van der Waals surface area contributed by atoms with Crippen molar-refractivity contribution in [3.63, 3.8) is 0 Å². The third-order valence-corrected chi connectivity index (χ3v) is 7.28. The van der Waals surface area contributed by atoms with Gasteiger partial charge in [0.25, 0.3) is 0 Å². The van der Waals surface area contributed by atoms with E-state index in [1.165, 1.54) is 17.3 Å². The van der Waals surface area contributed by atoms with Crippen LogP contribution in [0.2, 0.25) is 0 Å². The minimum atomic E-state index is -0.314. The van der Waals surface area contributed by atoms with Crippen molar-refractivity contribution in [1.29, 1.82) is 0 Å². The number of hydrogen-bond donors (Lipinski definition) is 1. The number of nitrogens with one attached hydrogen (secondary N) is 1. The van der Waals surface area contributed by atoms with Gasteiger partial charge in [-0.15, -0.1) is 22.0 Å². The Morgan fingerprint density at radius 2 is 1.79 bits per heavy atom. The predicted molar refractivity (Wildman–Crippen MR) is 139 cm³/mol. The molecule has 1 amide bonds. The Morgan fingerprint density at radius 1 is 1.00 bits per heavy atom. The van der Waals surface area contributed by atoms with Crippen molar-refractivity contribution >= 4 is 35.1 Å². The average molecular weight is 490 g/mol. The van der Waals surface area contributed by atoms with Gasteiger partial charge in [0.05, 0.1) is 10.3 Å². The molecule has 2 aromatic carbocycles. The van der Waals surface area contributed by atoms with Crippen molar-refractivity contribution in [3.05, 3.63) is 95.9 Å². The number of aromatic nitrogens is 4. The standard InChI is InChI=1S/C26H27N5OS2/c1-3-31-23(17-20-10-5-4-6-11-20)29-30-26(31)34-19(2)25(32)28-22-13-9-12-21(16-22)18-33-24-14-7-8-15-27-24/h4-16,19H,3,17-18H2,1-2H3,(H,28,32). The van der Waals surface area contributed by atoms with Gasteiger partial charge in [-0.3, -0.25) is 4.79 Å². The van der Waals surface area contributed by atoms with Gasteiger partial charge in [-0.05, 0) is 49.2 Å². The Hall–Kier alpha value is -3.10. The SMILES string of the molecule is CCn1c(Cc2ccccc2)nnc1SC(C)C(=O)Nc1cccc(CSc2ccccn2)c1. The molecule has 0 aliphatic carbocycles. The Kier molecular flexibility index (Phi) is 8.38. The fraction of sp³-hybridized carbons (Fsp3) is 0.231. The normalized spacial score (nSPS) is 11.8. The van der Waals surface area contributed by atoms with Crippen LogP contribution in [0.4, 0.5) is 5.69 Å². The maximum atomic E-state index is 12.9. The Morgan fingerprint density at radius 3 is 2.56 bits per heavy atom. The van der Waals surface area contributed by atoms with Gasteiger partial charge < -0.3 is 9.88 Å². The molecule has 0 saturated carbocycles. The molecule has 1 unspecified atom stereocenters. The van der Waals surface area contributed by atoms with Crippen LogP contribution in [-0.4, -0.2) is 30.9 Å². The zero-order valence-corrected chi connectivity index (χ0v) is 20.9. The summed E-state index contributed by atoms with van der Waals surface area (Å²) in [5, 5.41) is 13.2. The number of carbonyl (C=O) groups excluding carboxylic acids is 1. The summed E-state index contributed by atoms with van der Waals surface area (Å²) in [7, 11) is 0. The van der Waals surface area contributed by atoms with Crippen LogP contribution in [0.15, 0.2) is 89.2 Å². The molecular formula is C26H27N5OS2. The number of benzene rings is 2. The van der Waals surface area contributed by atoms with Gasteiger partial charge in [0.15, 0.2) is 5.16 Å². The molecule has 174 valence electrons. The molecule has 6 nitrogen and oxygen atoms in total. The van der Waals surface area contributed by atoms with Crippen LogP contribution in [0.1, 0.15) is 30.8 Å². The largest absolute Gasteiger partial charge is 0.325 e. The number of thioether (sulfide) groups is 2. The Balaban J connectivity index is 1.36. The second-order valence-corrected chi connectivity index (χ2v) is 10.0. The summed E-state index contributed by atoms with van der Waals surface area (Å²) in [4.78, 5) is 17.2. The minimum Gasteiger partial charge on any atom is -0.325 e. The first-order valence-electron chi connectivity index (χ1n) is 11.2. The van der Waals surface area contributed by atoms with Crippen molar-refractivity contribution in [1.82, 2.24) is 19.7 Å². The van der Waals surface area contributed by atoms with Gasteiger partial charge >= 0.3 is 0 Å². The lowest BCUT2D eigenvalue weighted by Crippen LogP contribution is -2.23. The average Bonchev–Trinajstić information content (AvgIpc) is 3.25. The summed E-state index contributed by atoms with van der Waals surface area (Å²) in [6.45, 7) is 4.72. The van der Waals surface area contributed by atoms with E-state index in [9.17, 15) is 4.79 Å². The van der Waals surface area contributed by atoms with E-state index in [1.807, 2.05) is 61.5 Å². The van der Waals surface area contributed by atoms with Gasteiger partial charge in [-0.2, -0.15) is 0 Å². The second kappa shape index (κ2) is 11.9. The first kappa shape index (κ1) is 24.0. The van der Waals surface area contributed by atoms with Crippen molar-refractivity contribution < 1.29 is 4.79 Å². The molecule has 1 atom stereocenters. The quantitative estimate of drug-likeness (QED) is 0.288. The molecule has 0 bridgehead atoms. The number of anilines is 1. The molecule has 0 aliphatic rings. The van der Waals surface area contributed by atoms with Crippen LogP contribution in [0, 0.1) is 0 Å². The topological polar surface area (TPSA) is 72.7 Å². The number of hydrogen-bond acceptors (Lipinski definition) is 6. The fourth-order valence-corrected chi connectivity index (χ4v) is 5.15. The Bertz CT molecular complexity index is 1210. The lowest BCUT2D eigenvalue weighted by Gasteiger charge is -2.13. The maximum absolute atomic E-state index is 12.9. The predicted octanol–water partition coefficient (Wildman–Crippen LogP) is 5.70. The van der Waals surface area contributed by atoms with E-state index in [1.54, 1.807) is 18.0 Å². The van der Waals surface area contributed by atoms with E-state index >= 15 is 0 Å². The van der Waals surface area contributed by atoms with Crippen LogP contribution in [0.5, 0.6) is 0 Å². The third kappa shape index (κ3) is 6.48. The van der Waals surface area contributed by atoms with Crippen molar-refractivity contribution in [2.24, 2.45) is 0 Å². The highest BCUT2D eigenvalue weighted by Gasteiger charge is 2.20. The van der Waals surface area contributed by atoms with E-state index < -0.39 is 0 Å². The van der Waals surface area contributed by atoms with E-state index in [2.05, 4.69) is 50.2 Å². The molecular weight excluding hydrogens is 462 g/mol. The molecule has 2 heterocycles. The molecule has 4 rings (SSSR count). The molecule has 0 radical (unpaired) electrons. The van der Waals surface area contributed by atoms with Crippen LogP contribution < -0.4 is 5.32 Å². The van der Waals surface area contributed by atoms with Gasteiger partial charge in [-0.25, -0.2) is 4.98 Å². The van der Waals surface area contributed by atoms with Crippen molar-refractivity contribution in [2.75, 3.05) is 5.32 Å². The maximum Gasteiger partial charge on any atom is 0.237 e. The first-order valence-corrected chi connectivity index (χ1v) is 13.0. The van der Waals surface area contributed by atoms with Gasteiger partial charge in [0.1, 0.15) is 5.82 Å². The van der Waals surface area contributed by atoms with Crippen molar-refractivity contribution in [3.8, 4) is 0 Å². The molecule has 0 fully saturated rings. The van der Waals surface area contributed by atoms with E-state index in [0.717, 1.165) is 39.6 Å². The number of rotatable bonds is 10. The molecule has 1 N–H and O–H groups in total. The number of pyridine rings is 1. The van der Waals surface area contributed by atoms with Crippen LogP contribution >= 0.6 is 23.5 Å². The summed E-state index contributed by atoms with van der Waals surface area (Å²) in [6, 6.07) is 24.1. The minimum absolute atomic E-state index is 0.0604. The van der Waals surface area contributed by atoms with Gasteiger partial charge in [0.2, 0.25) is 5.91 Å².